The van der Waals surface area contributed by atoms with Crippen molar-refractivity contribution in [1.82, 2.24) is 0 Å². The van der Waals surface area contributed by atoms with E-state index >= 15 is 0 Å². The average Bonchev–Trinajstić information content (AvgIpc) is 2.93. The molecular weight excluding hydrogens is 180 g/mol. The molecule has 0 heteroatoms. The van der Waals surface area contributed by atoms with Crippen molar-refractivity contribution in [3.05, 3.63) is 0 Å². The minimum absolute atomic E-state index is 0.898. The van der Waals surface area contributed by atoms with E-state index < -0.39 is 0 Å². The molecule has 0 heterocycles. The molecule has 0 aliphatic heterocycles. The van der Waals surface area contributed by atoms with Crippen LogP contribution < -0.4 is 0 Å². The van der Waals surface area contributed by atoms with Crippen molar-refractivity contribution < 1.29 is 0 Å². The minimum Gasteiger partial charge on any atom is -0.0628 e. The molecule has 1 saturated carbocycles. The Balaban J connectivity index is 2.01. The van der Waals surface area contributed by atoms with Crippen LogP contribution in [0.25, 0.3) is 0 Å². The standard InChI is InChI=1S/C15H30/c1-12(2)8-6-5-7-9-15(13(3)4)14-10-11-14/h12-15H,5-11H2,1-4H3. The van der Waals surface area contributed by atoms with Gasteiger partial charge in [-0.3, -0.25) is 0 Å². The van der Waals surface area contributed by atoms with Crippen molar-refractivity contribution in [2.45, 2.75) is 72.6 Å². The third-order valence-corrected chi connectivity index (χ3v) is 3.90. The summed E-state index contributed by atoms with van der Waals surface area (Å²) < 4.78 is 0. The molecule has 1 aliphatic carbocycles. The third kappa shape index (κ3) is 5.58. The first kappa shape index (κ1) is 13.1. The molecule has 1 atom stereocenters. The molecule has 0 N–H and O–H groups in total. The molecule has 1 aliphatic rings. The van der Waals surface area contributed by atoms with E-state index in [1.165, 1.54) is 44.9 Å². The first-order valence-corrected chi connectivity index (χ1v) is 7.11. The Hall–Kier alpha value is 0. The van der Waals surface area contributed by atoms with Crippen LogP contribution in [0.3, 0.4) is 0 Å². The summed E-state index contributed by atoms with van der Waals surface area (Å²) in [5.74, 6) is 3.97. The molecule has 0 radical (unpaired) electrons. The van der Waals surface area contributed by atoms with E-state index in [2.05, 4.69) is 27.7 Å². The van der Waals surface area contributed by atoms with Gasteiger partial charge < -0.3 is 0 Å². The largest absolute Gasteiger partial charge is 0.0628 e. The highest BCUT2D eigenvalue weighted by Gasteiger charge is 2.32. The summed E-state index contributed by atoms with van der Waals surface area (Å²) in [6.07, 6.45) is 10.4. The molecule has 0 aromatic rings. The van der Waals surface area contributed by atoms with Gasteiger partial charge in [0, 0.05) is 0 Å². The van der Waals surface area contributed by atoms with Gasteiger partial charge in [0.25, 0.3) is 0 Å². The predicted octanol–water partition coefficient (Wildman–Crippen LogP) is 5.28. The van der Waals surface area contributed by atoms with E-state index in [0.717, 1.165) is 23.7 Å². The summed E-state index contributed by atoms with van der Waals surface area (Å²) in [6, 6.07) is 0. The molecule has 0 amide bonds. The van der Waals surface area contributed by atoms with E-state index in [9.17, 15) is 0 Å². The van der Waals surface area contributed by atoms with Crippen LogP contribution in [0.4, 0.5) is 0 Å². The van der Waals surface area contributed by atoms with E-state index in [-0.39, 0.29) is 0 Å². The summed E-state index contributed by atoms with van der Waals surface area (Å²) in [4.78, 5) is 0. The summed E-state index contributed by atoms with van der Waals surface area (Å²) >= 11 is 0. The van der Waals surface area contributed by atoms with Gasteiger partial charge in [-0.25, -0.2) is 0 Å². The summed E-state index contributed by atoms with van der Waals surface area (Å²) in [5, 5.41) is 0. The van der Waals surface area contributed by atoms with Gasteiger partial charge in [-0.2, -0.15) is 0 Å². The maximum atomic E-state index is 2.41. The minimum atomic E-state index is 0.898. The van der Waals surface area contributed by atoms with Crippen LogP contribution in [0.15, 0.2) is 0 Å². The van der Waals surface area contributed by atoms with Gasteiger partial charge in [0.05, 0.1) is 0 Å². The number of rotatable bonds is 8. The van der Waals surface area contributed by atoms with Gasteiger partial charge in [-0.1, -0.05) is 53.4 Å². The van der Waals surface area contributed by atoms with Crippen LogP contribution in [0, 0.1) is 23.7 Å². The van der Waals surface area contributed by atoms with E-state index in [1.54, 1.807) is 0 Å². The summed E-state index contributed by atoms with van der Waals surface area (Å²) in [6.45, 7) is 9.50. The van der Waals surface area contributed by atoms with Crippen LogP contribution in [0.1, 0.15) is 72.6 Å². The summed E-state index contributed by atoms with van der Waals surface area (Å²) in [5.41, 5.74) is 0. The Morgan fingerprint density at radius 3 is 1.93 bits per heavy atom. The van der Waals surface area contributed by atoms with Crippen molar-refractivity contribution in [2.75, 3.05) is 0 Å². The molecule has 1 rings (SSSR count). The first-order chi connectivity index (χ1) is 7.11. The van der Waals surface area contributed by atoms with E-state index in [0.29, 0.717) is 0 Å². The Morgan fingerprint density at radius 2 is 1.47 bits per heavy atom. The smallest absolute Gasteiger partial charge is 0.0363 e. The van der Waals surface area contributed by atoms with Gasteiger partial charge >= 0.3 is 0 Å². The second-order valence-corrected chi connectivity index (χ2v) is 6.28. The zero-order valence-corrected chi connectivity index (χ0v) is 11.3. The second kappa shape index (κ2) is 6.55. The third-order valence-electron chi connectivity index (χ3n) is 3.90. The van der Waals surface area contributed by atoms with Crippen molar-refractivity contribution in [2.24, 2.45) is 23.7 Å². The number of unbranched alkanes of at least 4 members (excludes halogenated alkanes) is 2. The Morgan fingerprint density at radius 1 is 0.867 bits per heavy atom. The van der Waals surface area contributed by atoms with E-state index in [1.807, 2.05) is 0 Å². The van der Waals surface area contributed by atoms with Crippen LogP contribution in [0.2, 0.25) is 0 Å². The van der Waals surface area contributed by atoms with Crippen LogP contribution >= 0.6 is 0 Å². The first-order valence-electron chi connectivity index (χ1n) is 7.11. The highest BCUT2D eigenvalue weighted by atomic mass is 14.4. The molecule has 15 heavy (non-hydrogen) atoms. The lowest BCUT2D eigenvalue weighted by Gasteiger charge is -2.20. The average molecular weight is 210 g/mol. The van der Waals surface area contributed by atoms with Gasteiger partial charge in [-0.15, -0.1) is 0 Å². The molecule has 0 bridgehead atoms. The number of hydrogen-bond acceptors (Lipinski definition) is 0. The van der Waals surface area contributed by atoms with Crippen molar-refractivity contribution in [1.29, 1.82) is 0 Å². The molecule has 1 fully saturated rings. The van der Waals surface area contributed by atoms with Crippen molar-refractivity contribution in [3.8, 4) is 0 Å². The van der Waals surface area contributed by atoms with Crippen molar-refractivity contribution >= 4 is 0 Å². The van der Waals surface area contributed by atoms with Crippen LogP contribution in [0.5, 0.6) is 0 Å². The quantitative estimate of drug-likeness (QED) is 0.478. The predicted molar refractivity (Wildman–Crippen MR) is 69.0 cm³/mol. The SMILES string of the molecule is CC(C)CCCCCC(C(C)C)C1CC1. The fraction of sp³-hybridized carbons (Fsp3) is 1.00. The Kier molecular flexibility index (Phi) is 5.71. The van der Waals surface area contributed by atoms with Gasteiger partial charge in [0.1, 0.15) is 0 Å². The highest BCUT2D eigenvalue weighted by Crippen LogP contribution is 2.42. The molecule has 0 spiro atoms. The zero-order valence-electron chi connectivity index (χ0n) is 11.3. The maximum absolute atomic E-state index is 2.41. The maximum Gasteiger partial charge on any atom is -0.0363 e. The molecule has 1 unspecified atom stereocenters. The molecule has 0 nitrogen and oxygen atoms in total. The van der Waals surface area contributed by atoms with Crippen LogP contribution in [-0.4, -0.2) is 0 Å². The molecule has 0 saturated heterocycles. The highest BCUT2D eigenvalue weighted by molar-refractivity contribution is 4.82. The normalized spacial score (nSPS) is 18.8. The Bertz CT molecular complexity index is 151. The monoisotopic (exact) mass is 210 g/mol. The zero-order chi connectivity index (χ0) is 11.3. The fourth-order valence-electron chi connectivity index (χ4n) is 2.75. The molecule has 0 aromatic heterocycles. The Labute approximate surface area is 96.8 Å². The number of hydrogen-bond donors (Lipinski definition) is 0. The summed E-state index contributed by atoms with van der Waals surface area (Å²) in [7, 11) is 0. The fourth-order valence-corrected chi connectivity index (χ4v) is 2.75. The van der Waals surface area contributed by atoms with Crippen LogP contribution in [-0.2, 0) is 0 Å². The molecule has 90 valence electrons. The van der Waals surface area contributed by atoms with Gasteiger partial charge in [0.2, 0.25) is 0 Å². The molecular formula is C15H30. The topological polar surface area (TPSA) is 0 Å². The lowest BCUT2D eigenvalue weighted by molar-refractivity contribution is 0.305. The van der Waals surface area contributed by atoms with E-state index in [4.69, 9.17) is 0 Å². The second-order valence-electron chi connectivity index (χ2n) is 6.28. The lowest BCUT2D eigenvalue weighted by atomic mass is 9.86. The lowest BCUT2D eigenvalue weighted by Crippen LogP contribution is -2.10. The van der Waals surface area contributed by atoms with Gasteiger partial charge in [-0.05, 0) is 42.9 Å². The molecule has 0 aromatic carbocycles. The van der Waals surface area contributed by atoms with Crippen molar-refractivity contribution in [3.63, 3.8) is 0 Å². The van der Waals surface area contributed by atoms with Gasteiger partial charge in [0.15, 0.2) is 0 Å².